The van der Waals surface area contributed by atoms with Crippen LogP contribution in [0.2, 0.25) is 0 Å². The van der Waals surface area contributed by atoms with E-state index in [4.69, 9.17) is 5.73 Å². The molecule has 20 heavy (non-hydrogen) atoms. The molecule has 0 bridgehead atoms. The summed E-state index contributed by atoms with van der Waals surface area (Å²) in [5.74, 6) is 0.116. The molecular weight excluding hydrogens is 372 g/mol. The second kappa shape index (κ2) is 5.78. The molecule has 0 saturated heterocycles. The topological polar surface area (TPSA) is 68.2 Å². The zero-order valence-corrected chi connectivity index (χ0v) is 13.4. The van der Waals surface area contributed by atoms with Crippen LogP contribution in [-0.2, 0) is 0 Å². The van der Waals surface area contributed by atoms with E-state index in [1.165, 1.54) is 11.6 Å². The number of allylic oxidation sites excluding steroid dienone is 1. The quantitative estimate of drug-likeness (QED) is 0.476. The van der Waals surface area contributed by atoms with E-state index in [1.807, 2.05) is 13.0 Å². The fraction of sp³-hybridized carbons (Fsp3) is 0.231. The van der Waals surface area contributed by atoms with E-state index in [0.717, 1.165) is 17.9 Å². The van der Waals surface area contributed by atoms with Crippen molar-refractivity contribution in [1.29, 1.82) is 0 Å². The Hall–Kier alpha value is -1.64. The molecule has 0 aliphatic carbocycles. The predicted octanol–water partition coefficient (Wildman–Crippen LogP) is 3.11. The first-order chi connectivity index (χ1) is 9.43. The number of nitrogens with two attached hydrogens (primary N) is 1. The SMILES string of the molecule is C=C(N=C(N)/C(F)=C\C)c1nn(I)c2c1C=C(C)CN2. The lowest BCUT2D eigenvalue weighted by molar-refractivity contribution is 0.677. The Morgan fingerprint density at radius 1 is 1.70 bits per heavy atom. The van der Waals surface area contributed by atoms with Crippen molar-refractivity contribution in [3.63, 3.8) is 0 Å². The lowest BCUT2D eigenvalue weighted by Gasteiger charge is -2.13. The third kappa shape index (κ3) is 2.77. The van der Waals surface area contributed by atoms with Crippen molar-refractivity contribution >= 4 is 46.3 Å². The largest absolute Gasteiger partial charge is 0.381 e. The molecule has 3 N–H and O–H groups in total. The Labute approximate surface area is 130 Å². The summed E-state index contributed by atoms with van der Waals surface area (Å²) in [4.78, 5) is 3.98. The van der Waals surface area contributed by atoms with Crippen LogP contribution < -0.4 is 11.1 Å². The van der Waals surface area contributed by atoms with Gasteiger partial charge >= 0.3 is 0 Å². The van der Waals surface area contributed by atoms with Crippen molar-refractivity contribution in [2.75, 3.05) is 11.9 Å². The zero-order chi connectivity index (χ0) is 14.9. The standard InChI is InChI=1S/C13H15FIN5/c1-4-10(14)12(16)18-8(3)11-9-5-7(2)6-17-13(9)20(15)19-11/h4-5,17H,3,6H2,1-2H3,(H2,16,18)/b10-4+. The van der Waals surface area contributed by atoms with Crippen LogP contribution in [0.5, 0.6) is 0 Å². The first-order valence-electron chi connectivity index (χ1n) is 6.00. The van der Waals surface area contributed by atoms with Crippen molar-refractivity contribution < 1.29 is 4.39 Å². The molecule has 0 fully saturated rings. The minimum atomic E-state index is -0.571. The number of halogens is 2. The molecule has 106 valence electrons. The summed E-state index contributed by atoms with van der Waals surface area (Å²) in [6.07, 6.45) is 3.27. The van der Waals surface area contributed by atoms with Crippen LogP contribution in [0.3, 0.4) is 0 Å². The molecule has 1 aliphatic heterocycles. The van der Waals surface area contributed by atoms with Gasteiger partial charge in [0.1, 0.15) is 11.5 Å². The molecule has 0 aromatic carbocycles. The highest BCUT2D eigenvalue weighted by Crippen LogP contribution is 2.32. The van der Waals surface area contributed by atoms with Crippen LogP contribution in [0, 0.1) is 0 Å². The highest BCUT2D eigenvalue weighted by Gasteiger charge is 2.20. The van der Waals surface area contributed by atoms with Gasteiger partial charge in [-0.25, -0.2) is 9.38 Å². The van der Waals surface area contributed by atoms with Gasteiger partial charge in [-0.1, -0.05) is 12.2 Å². The number of amidine groups is 1. The zero-order valence-electron chi connectivity index (χ0n) is 11.2. The number of fused-ring (bicyclic) bond motifs is 1. The van der Waals surface area contributed by atoms with E-state index in [2.05, 4.69) is 44.9 Å². The maximum Gasteiger partial charge on any atom is 0.160 e. The summed E-state index contributed by atoms with van der Waals surface area (Å²) in [6, 6.07) is 0. The number of hydrogen-bond donors (Lipinski definition) is 2. The highest BCUT2D eigenvalue weighted by atomic mass is 127. The second-order valence-corrected chi connectivity index (χ2v) is 5.31. The van der Waals surface area contributed by atoms with Crippen molar-refractivity contribution in [2.24, 2.45) is 10.7 Å². The van der Waals surface area contributed by atoms with Gasteiger partial charge in [-0.2, -0.15) is 7.99 Å². The van der Waals surface area contributed by atoms with Crippen molar-refractivity contribution in [1.82, 2.24) is 7.99 Å². The average molecular weight is 387 g/mol. The van der Waals surface area contributed by atoms with Crippen molar-refractivity contribution in [2.45, 2.75) is 13.8 Å². The van der Waals surface area contributed by atoms with Crippen LogP contribution in [0.4, 0.5) is 10.2 Å². The smallest absolute Gasteiger partial charge is 0.160 e. The van der Waals surface area contributed by atoms with Gasteiger partial charge in [0, 0.05) is 12.1 Å². The van der Waals surface area contributed by atoms with E-state index in [9.17, 15) is 4.39 Å². The molecule has 7 heteroatoms. The summed E-state index contributed by atoms with van der Waals surface area (Å²) >= 11 is 2.07. The fourth-order valence-electron chi connectivity index (χ4n) is 1.83. The van der Waals surface area contributed by atoms with Gasteiger partial charge in [-0.3, -0.25) is 0 Å². The molecule has 2 rings (SSSR count). The van der Waals surface area contributed by atoms with Gasteiger partial charge in [0.05, 0.1) is 28.6 Å². The van der Waals surface area contributed by atoms with Gasteiger partial charge in [0.25, 0.3) is 0 Å². The molecule has 0 spiro atoms. The van der Waals surface area contributed by atoms with Gasteiger partial charge in [0.2, 0.25) is 0 Å². The second-order valence-electron chi connectivity index (χ2n) is 4.40. The molecule has 5 nitrogen and oxygen atoms in total. The third-order valence-electron chi connectivity index (χ3n) is 2.83. The highest BCUT2D eigenvalue weighted by molar-refractivity contribution is 14.1. The lowest BCUT2D eigenvalue weighted by atomic mass is 10.1. The van der Waals surface area contributed by atoms with Crippen molar-refractivity contribution in [3.8, 4) is 0 Å². The minimum absolute atomic E-state index is 0.196. The molecular formula is C13H15FIN5. The van der Waals surface area contributed by atoms with Crippen LogP contribution in [0.15, 0.2) is 29.0 Å². The molecule has 0 atom stereocenters. The molecule has 2 heterocycles. The molecule has 1 aromatic heterocycles. The number of aliphatic imine (C=N–C) groups is 1. The molecule has 0 amide bonds. The van der Waals surface area contributed by atoms with E-state index in [1.54, 1.807) is 9.82 Å². The first-order valence-corrected chi connectivity index (χ1v) is 6.96. The Kier molecular flexibility index (Phi) is 4.26. The normalized spacial score (nSPS) is 15.5. The lowest BCUT2D eigenvalue weighted by Crippen LogP contribution is -2.12. The van der Waals surface area contributed by atoms with E-state index in [-0.39, 0.29) is 5.84 Å². The van der Waals surface area contributed by atoms with E-state index < -0.39 is 5.83 Å². The maximum atomic E-state index is 13.3. The number of nitrogens with zero attached hydrogens (tertiary/aromatic N) is 3. The third-order valence-corrected chi connectivity index (χ3v) is 3.53. The number of nitrogens with one attached hydrogen (secondary N) is 1. The number of anilines is 1. The van der Waals surface area contributed by atoms with E-state index >= 15 is 0 Å². The van der Waals surface area contributed by atoms with Gasteiger partial charge in [-0.15, -0.1) is 0 Å². The minimum Gasteiger partial charge on any atom is -0.381 e. The number of rotatable bonds is 3. The van der Waals surface area contributed by atoms with Crippen LogP contribution in [0.25, 0.3) is 11.8 Å². The Morgan fingerprint density at radius 2 is 2.40 bits per heavy atom. The summed E-state index contributed by atoms with van der Waals surface area (Å²) in [5, 5.41) is 7.62. The van der Waals surface area contributed by atoms with Gasteiger partial charge in [0.15, 0.2) is 11.7 Å². The average Bonchev–Trinajstić information content (AvgIpc) is 2.74. The maximum absolute atomic E-state index is 13.3. The summed E-state index contributed by atoms with van der Waals surface area (Å²) in [6.45, 7) is 8.17. The molecule has 0 unspecified atom stereocenters. The fourth-order valence-corrected chi connectivity index (χ4v) is 2.48. The number of aromatic nitrogens is 2. The Balaban J connectivity index is 2.43. The molecule has 1 aromatic rings. The summed E-state index contributed by atoms with van der Waals surface area (Å²) in [7, 11) is 0. The van der Waals surface area contributed by atoms with Crippen LogP contribution in [-0.4, -0.2) is 20.4 Å². The Morgan fingerprint density at radius 3 is 3.05 bits per heavy atom. The molecule has 0 radical (unpaired) electrons. The summed E-state index contributed by atoms with van der Waals surface area (Å²) in [5.41, 5.74) is 8.55. The van der Waals surface area contributed by atoms with Crippen molar-refractivity contribution in [3.05, 3.63) is 35.3 Å². The van der Waals surface area contributed by atoms with Crippen LogP contribution >= 0.6 is 22.9 Å². The molecule has 1 aliphatic rings. The van der Waals surface area contributed by atoms with Crippen LogP contribution in [0.1, 0.15) is 25.1 Å². The predicted molar refractivity (Wildman–Crippen MR) is 89.3 cm³/mol. The Bertz CT molecular complexity index is 654. The van der Waals surface area contributed by atoms with E-state index in [0.29, 0.717) is 11.4 Å². The summed E-state index contributed by atoms with van der Waals surface area (Å²) < 4.78 is 15.0. The van der Waals surface area contributed by atoms with Gasteiger partial charge < -0.3 is 11.1 Å². The molecule has 0 saturated carbocycles. The first kappa shape index (κ1) is 14.8. The van der Waals surface area contributed by atoms with Gasteiger partial charge in [-0.05, 0) is 26.0 Å². The number of hydrogen-bond acceptors (Lipinski definition) is 3. The monoisotopic (exact) mass is 387 g/mol.